The summed E-state index contributed by atoms with van der Waals surface area (Å²) < 4.78 is 43.5. The number of nitrogens with zero attached hydrogens (tertiary/aromatic N) is 4. The minimum atomic E-state index is -4.73. The zero-order chi connectivity index (χ0) is 19.9. The van der Waals surface area contributed by atoms with Crippen LogP contribution in [0.2, 0.25) is 10.0 Å². The van der Waals surface area contributed by atoms with Crippen LogP contribution in [0, 0.1) is 0 Å². The monoisotopic (exact) mass is 426 g/mol. The Morgan fingerprint density at radius 3 is 2.29 bits per heavy atom. The lowest BCUT2D eigenvalue weighted by Gasteiger charge is -2.29. The lowest BCUT2D eigenvalue weighted by Crippen LogP contribution is -2.42. The highest BCUT2D eigenvalue weighted by atomic mass is 35.5. The molecule has 0 saturated carbocycles. The minimum Gasteiger partial charge on any atom is -0.374 e. The molecule has 1 unspecified atom stereocenters. The number of aromatic nitrogens is 3. The first-order valence-corrected chi connectivity index (χ1v) is 8.80. The van der Waals surface area contributed by atoms with Crippen LogP contribution < -0.4 is 0 Å². The van der Waals surface area contributed by atoms with Crippen molar-refractivity contribution < 1.29 is 18.0 Å². The van der Waals surface area contributed by atoms with Crippen LogP contribution >= 0.6 is 23.2 Å². The van der Waals surface area contributed by atoms with Crippen molar-refractivity contribution in [2.45, 2.75) is 18.2 Å². The van der Waals surface area contributed by atoms with Crippen LogP contribution in [0.4, 0.5) is 13.2 Å². The number of hydrogen-bond donors (Lipinski definition) is 0. The Labute approximate surface area is 167 Å². The summed E-state index contributed by atoms with van der Waals surface area (Å²) in [6, 6.07) is 10.4. The molecule has 0 amide bonds. The molecule has 1 aliphatic heterocycles. The SMILES string of the molecule is FC(F)(F)C1(c2cc(Cl)cc(Cl)c2)CC(c2ccc(-n3ccnn3)cc2)=NO1. The van der Waals surface area contributed by atoms with E-state index in [1.165, 1.54) is 29.1 Å². The van der Waals surface area contributed by atoms with Crippen LogP contribution in [0.1, 0.15) is 17.5 Å². The Bertz CT molecular complexity index is 1020. The van der Waals surface area contributed by atoms with Gasteiger partial charge >= 0.3 is 6.18 Å². The summed E-state index contributed by atoms with van der Waals surface area (Å²) in [4.78, 5) is 4.99. The Balaban J connectivity index is 1.67. The fourth-order valence-electron chi connectivity index (χ4n) is 3.00. The highest BCUT2D eigenvalue weighted by molar-refractivity contribution is 6.34. The largest absolute Gasteiger partial charge is 0.435 e. The van der Waals surface area contributed by atoms with E-state index in [-0.39, 0.29) is 21.3 Å². The van der Waals surface area contributed by atoms with Gasteiger partial charge in [-0.15, -0.1) is 5.10 Å². The number of benzene rings is 2. The molecule has 0 radical (unpaired) electrons. The van der Waals surface area contributed by atoms with Crippen molar-refractivity contribution in [2.24, 2.45) is 5.16 Å². The molecule has 2 aromatic carbocycles. The molecule has 1 aliphatic rings. The molecular formula is C18H11Cl2F3N4O. The Morgan fingerprint density at radius 2 is 1.71 bits per heavy atom. The van der Waals surface area contributed by atoms with Gasteiger partial charge in [-0.1, -0.05) is 45.7 Å². The first-order chi connectivity index (χ1) is 13.3. The van der Waals surface area contributed by atoms with Crippen molar-refractivity contribution in [1.29, 1.82) is 0 Å². The Kier molecular flexibility index (Phi) is 4.55. The van der Waals surface area contributed by atoms with Crippen LogP contribution in [-0.2, 0) is 10.4 Å². The molecule has 1 atom stereocenters. The summed E-state index contributed by atoms with van der Waals surface area (Å²) in [5.41, 5.74) is -1.47. The van der Waals surface area contributed by atoms with Gasteiger partial charge < -0.3 is 4.84 Å². The third-order valence-corrected chi connectivity index (χ3v) is 4.84. The average molecular weight is 427 g/mol. The normalized spacial score (nSPS) is 19.4. The number of alkyl halides is 3. The topological polar surface area (TPSA) is 52.3 Å². The van der Waals surface area contributed by atoms with Gasteiger partial charge in [0.1, 0.15) is 0 Å². The predicted octanol–water partition coefficient (Wildman–Crippen LogP) is 5.16. The van der Waals surface area contributed by atoms with Gasteiger partial charge in [0.05, 0.1) is 23.8 Å². The summed E-state index contributed by atoms with van der Waals surface area (Å²) >= 11 is 11.8. The highest BCUT2D eigenvalue weighted by Crippen LogP contribution is 2.49. The van der Waals surface area contributed by atoms with Crippen molar-refractivity contribution in [3.63, 3.8) is 0 Å². The maximum atomic E-state index is 14.0. The van der Waals surface area contributed by atoms with Gasteiger partial charge in [0, 0.05) is 22.0 Å². The molecule has 2 heterocycles. The van der Waals surface area contributed by atoms with Gasteiger partial charge in [-0.25, -0.2) is 4.68 Å². The molecule has 0 bridgehead atoms. The standard InChI is InChI=1S/C18H11Cl2F3N4O/c19-13-7-12(8-14(20)9-13)17(18(21,22)23)10-16(25-28-17)11-1-3-15(4-2-11)27-6-5-24-26-27/h1-9H,10H2. The van der Waals surface area contributed by atoms with Crippen molar-refractivity contribution in [2.75, 3.05) is 0 Å². The van der Waals surface area contributed by atoms with Crippen molar-refractivity contribution in [3.05, 3.63) is 76.0 Å². The van der Waals surface area contributed by atoms with Crippen LogP contribution in [0.15, 0.2) is 60.0 Å². The fraction of sp³-hybridized carbons (Fsp3) is 0.167. The van der Waals surface area contributed by atoms with E-state index in [0.717, 1.165) is 0 Å². The molecule has 4 rings (SSSR count). The fourth-order valence-corrected chi connectivity index (χ4v) is 3.52. The molecule has 0 saturated heterocycles. The molecule has 0 fully saturated rings. The molecule has 0 spiro atoms. The summed E-state index contributed by atoms with van der Waals surface area (Å²) in [5, 5.41) is 11.5. The smallest absolute Gasteiger partial charge is 0.374 e. The average Bonchev–Trinajstić information content (AvgIpc) is 3.31. The van der Waals surface area contributed by atoms with Crippen LogP contribution in [0.25, 0.3) is 5.69 Å². The van der Waals surface area contributed by atoms with Crippen LogP contribution in [0.5, 0.6) is 0 Å². The van der Waals surface area contributed by atoms with E-state index in [4.69, 9.17) is 28.0 Å². The molecule has 1 aromatic heterocycles. The van der Waals surface area contributed by atoms with E-state index in [2.05, 4.69) is 15.5 Å². The second-order valence-electron chi connectivity index (χ2n) is 6.18. The molecular weight excluding hydrogens is 416 g/mol. The van der Waals surface area contributed by atoms with Gasteiger partial charge in [0.25, 0.3) is 5.60 Å². The van der Waals surface area contributed by atoms with E-state index in [9.17, 15) is 13.2 Å². The third kappa shape index (κ3) is 3.22. The number of hydrogen-bond acceptors (Lipinski definition) is 4. The van der Waals surface area contributed by atoms with Crippen LogP contribution in [0.3, 0.4) is 0 Å². The molecule has 0 N–H and O–H groups in total. The summed E-state index contributed by atoms with van der Waals surface area (Å²) in [6.45, 7) is 0. The minimum absolute atomic E-state index is 0.0837. The maximum absolute atomic E-state index is 14.0. The maximum Gasteiger partial charge on any atom is 0.435 e. The predicted molar refractivity (Wildman–Crippen MR) is 97.8 cm³/mol. The van der Waals surface area contributed by atoms with E-state index < -0.39 is 18.2 Å². The zero-order valence-electron chi connectivity index (χ0n) is 14.0. The zero-order valence-corrected chi connectivity index (χ0v) is 15.5. The summed E-state index contributed by atoms with van der Waals surface area (Å²) in [5.74, 6) is 0. The lowest BCUT2D eigenvalue weighted by molar-refractivity contribution is -0.275. The molecule has 144 valence electrons. The van der Waals surface area contributed by atoms with Gasteiger partial charge in [0.15, 0.2) is 0 Å². The molecule has 5 nitrogen and oxygen atoms in total. The number of halogens is 5. The summed E-state index contributed by atoms with van der Waals surface area (Å²) in [6.07, 6.45) is -2.05. The van der Waals surface area contributed by atoms with Crippen molar-refractivity contribution >= 4 is 28.9 Å². The van der Waals surface area contributed by atoms with Crippen LogP contribution in [-0.4, -0.2) is 26.9 Å². The van der Waals surface area contributed by atoms with Gasteiger partial charge in [-0.3, -0.25) is 0 Å². The van der Waals surface area contributed by atoms with Gasteiger partial charge in [0.2, 0.25) is 0 Å². The van der Waals surface area contributed by atoms with E-state index >= 15 is 0 Å². The molecule has 28 heavy (non-hydrogen) atoms. The van der Waals surface area contributed by atoms with E-state index in [0.29, 0.717) is 11.3 Å². The molecule has 3 aromatic rings. The van der Waals surface area contributed by atoms with Gasteiger partial charge in [-0.05, 0) is 35.9 Å². The number of rotatable bonds is 3. The van der Waals surface area contributed by atoms with E-state index in [1.54, 1.807) is 30.5 Å². The van der Waals surface area contributed by atoms with Crippen molar-refractivity contribution in [1.82, 2.24) is 15.0 Å². The first-order valence-electron chi connectivity index (χ1n) is 8.04. The second kappa shape index (κ2) is 6.79. The van der Waals surface area contributed by atoms with E-state index in [1.807, 2.05) is 0 Å². The van der Waals surface area contributed by atoms with Gasteiger partial charge in [-0.2, -0.15) is 13.2 Å². The lowest BCUT2D eigenvalue weighted by atomic mass is 9.86. The first kappa shape index (κ1) is 18.8. The third-order valence-electron chi connectivity index (χ3n) is 4.40. The summed E-state index contributed by atoms with van der Waals surface area (Å²) in [7, 11) is 0. The van der Waals surface area contributed by atoms with Crippen molar-refractivity contribution in [3.8, 4) is 5.69 Å². The number of oxime groups is 1. The Hall–Kier alpha value is -2.58. The Morgan fingerprint density at radius 1 is 1.04 bits per heavy atom. The highest BCUT2D eigenvalue weighted by Gasteiger charge is 2.62. The molecule has 0 aliphatic carbocycles. The quantitative estimate of drug-likeness (QED) is 0.581. The molecule has 10 heteroatoms. The second-order valence-corrected chi connectivity index (χ2v) is 7.06.